The third-order valence-corrected chi connectivity index (χ3v) is 4.86. The summed E-state index contributed by atoms with van der Waals surface area (Å²) >= 11 is 0. The van der Waals surface area contributed by atoms with Crippen LogP contribution in [0.3, 0.4) is 0 Å². The number of aromatic nitrogens is 7. The maximum atomic E-state index is 14.7. The molecule has 1 aromatic carbocycles. The summed E-state index contributed by atoms with van der Waals surface area (Å²) in [5, 5.41) is 29.3. The number of amides is 1. The number of carbonyl (C=O) groups excluding carboxylic acids is 1. The average Bonchev–Trinajstić information content (AvgIpc) is 3.44. The second-order valence-electron chi connectivity index (χ2n) is 6.78. The minimum Gasteiger partial charge on any atom is -0.441 e. The zero-order valence-corrected chi connectivity index (χ0v) is 15.3. The molecular formula is C16H16FN9O3. The Morgan fingerprint density at radius 3 is 2.62 bits per heavy atom. The fourth-order valence-corrected chi connectivity index (χ4v) is 3.42. The van der Waals surface area contributed by atoms with Gasteiger partial charge in [-0.2, -0.15) is 10.2 Å². The van der Waals surface area contributed by atoms with Crippen LogP contribution in [0.1, 0.15) is 11.4 Å². The third kappa shape index (κ3) is 2.86. The Kier molecular flexibility index (Phi) is 3.91. The van der Waals surface area contributed by atoms with E-state index in [-0.39, 0.29) is 18.8 Å². The number of tetrazole rings is 1. The summed E-state index contributed by atoms with van der Waals surface area (Å²) in [6.07, 6.45) is -1.24. The summed E-state index contributed by atoms with van der Waals surface area (Å²) in [6, 6.07) is 4.32. The number of nitrogens with zero attached hydrogens (tertiary/aromatic N) is 9. The van der Waals surface area contributed by atoms with Gasteiger partial charge >= 0.3 is 6.09 Å². The molecule has 3 aromatic rings. The molecule has 12 nitrogen and oxygen atoms in total. The van der Waals surface area contributed by atoms with Gasteiger partial charge in [0, 0.05) is 13.1 Å². The van der Waals surface area contributed by atoms with E-state index in [1.54, 1.807) is 17.8 Å². The summed E-state index contributed by atoms with van der Waals surface area (Å²) in [6.45, 7) is 0.805. The fraction of sp³-hybridized carbons (Fsp3) is 0.375. The van der Waals surface area contributed by atoms with Gasteiger partial charge in [-0.25, -0.2) is 13.9 Å². The molecule has 1 N–H and O–H groups in total. The Hall–Kier alpha value is -3.61. The van der Waals surface area contributed by atoms with E-state index in [1.807, 2.05) is 4.90 Å². The number of hydrogen-bond acceptors (Lipinski definition) is 9. The van der Waals surface area contributed by atoms with Crippen molar-refractivity contribution in [2.75, 3.05) is 23.0 Å². The van der Waals surface area contributed by atoms with Crippen molar-refractivity contribution < 1.29 is 19.0 Å². The number of aryl methyl sites for hydroxylation is 1. The average molecular weight is 401 g/mol. The van der Waals surface area contributed by atoms with Gasteiger partial charge in [0.15, 0.2) is 5.82 Å². The molecule has 29 heavy (non-hydrogen) atoms. The van der Waals surface area contributed by atoms with E-state index in [0.29, 0.717) is 36.1 Å². The maximum Gasteiger partial charge on any atom is 0.414 e. The van der Waals surface area contributed by atoms with Gasteiger partial charge in [0.2, 0.25) is 5.95 Å². The molecule has 150 valence electrons. The first kappa shape index (κ1) is 17.5. The number of benzene rings is 1. The molecule has 0 aliphatic carbocycles. The van der Waals surface area contributed by atoms with Crippen LogP contribution in [0.4, 0.5) is 20.8 Å². The minimum atomic E-state index is -0.620. The molecule has 0 radical (unpaired) electrons. The van der Waals surface area contributed by atoms with Crippen molar-refractivity contribution in [3.63, 3.8) is 0 Å². The molecule has 0 bridgehead atoms. The summed E-state index contributed by atoms with van der Waals surface area (Å²) < 4.78 is 21.3. The van der Waals surface area contributed by atoms with Crippen LogP contribution in [-0.2, 0) is 24.9 Å². The van der Waals surface area contributed by atoms with Gasteiger partial charge in [0.25, 0.3) is 0 Å². The van der Waals surface area contributed by atoms with Crippen molar-refractivity contribution in [1.29, 1.82) is 0 Å². The summed E-state index contributed by atoms with van der Waals surface area (Å²) in [5.74, 6) is 0.0244. The number of halogens is 1. The minimum absolute atomic E-state index is 0.162. The van der Waals surface area contributed by atoms with Gasteiger partial charge in [0.05, 0.1) is 31.9 Å². The third-order valence-electron chi connectivity index (χ3n) is 4.86. The Morgan fingerprint density at radius 1 is 1.28 bits per heavy atom. The fourth-order valence-electron chi connectivity index (χ4n) is 3.42. The molecule has 1 fully saturated rings. The second-order valence-corrected chi connectivity index (χ2v) is 6.78. The first-order chi connectivity index (χ1) is 14.0. The molecule has 1 saturated heterocycles. The van der Waals surface area contributed by atoms with Gasteiger partial charge in [-0.05, 0) is 22.6 Å². The number of fused-ring (bicyclic) bond motifs is 1. The van der Waals surface area contributed by atoms with Crippen LogP contribution < -0.4 is 9.80 Å². The quantitative estimate of drug-likeness (QED) is 0.630. The van der Waals surface area contributed by atoms with Crippen molar-refractivity contribution in [3.8, 4) is 5.69 Å². The monoisotopic (exact) mass is 401 g/mol. The van der Waals surface area contributed by atoms with Crippen LogP contribution >= 0.6 is 0 Å². The normalized spacial score (nSPS) is 18.4. The van der Waals surface area contributed by atoms with Crippen LogP contribution in [0.15, 0.2) is 18.2 Å². The van der Waals surface area contributed by atoms with Crippen molar-refractivity contribution in [2.24, 2.45) is 7.05 Å². The second kappa shape index (κ2) is 6.48. The van der Waals surface area contributed by atoms with E-state index in [1.165, 1.54) is 21.8 Å². The van der Waals surface area contributed by atoms with E-state index >= 15 is 0 Å². The highest BCUT2D eigenvalue weighted by Crippen LogP contribution is 2.27. The molecule has 0 spiro atoms. The summed E-state index contributed by atoms with van der Waals surface area (Å²) in [4.78, 5) is 16.3. The standard InChI is InChI=1S/C16H16FN9O3/c1-23-15(18-21-22-23)24-6-12-13(7-24)20-26(19-12)14-3-2-9(4-11(14)17)25-5-10(8-27)29-16(25)28/h2-4,10,27H,5-8H2,1H3/t10-/m1/s1. The summed E-state index contributed by atoms with van der Waals surface area (Å²) in [5.41, 5.74) is 1.94. The van der Waals surface area contributed by atoms with Crippen LogP contribution in [0.25, 0.3) is 5.69 Å². The highest BCUT2D eigenvalue weighted by atomic mass is 19.1. The lowest BCUT2D eigenvalue weighted by Crippen LogP contribution is -2.25. The van der Waals surface area contributed by atoms with E-state index in [4.69, 9.17) is 9.84 Å². The molecule has 2 aliphatic rings. The zero-order chi connectivity index (χ0) is 20.1. The molecule has 1 amide bonds. The predicted molar refractivity (Wildman–Crippen MR) is 94.7 cm³/mol. The number of ether oxygens (including phenoxy) is 1. The van der Waals surface area contributed by atoms with Gasteiger partial charge < -0.3 is 14.7 Å². The van der Waals surface area contributed by atoms with Gasteiger partial charge in [0.1, 0.15) is 23.2 Å². The number of aliphatic hydroxyl groups excluding tert-OH is 1. The maximum absolute atomic E-state index is 14.7. The first-order valence-corrected chi connectivity index (χ1v) is 8.85. The molecule has 0 unspecified atom stereocenters. The lowest BCUT2D eigenvalue weighted by atomic mass is 10.2. The lowest BCUT2D eigenvalue weighted by molar-refractivity contribution is 0.0963. The number of carbonyl (C=O) groups is 1. The Balaban J connectivity index is 1.37. The zero-order valence-electron chi connectivity index (χ0n) is 15.3. The van der Waals surface area contributed by atoms with Crippen molar-refractivity contribution in [2.45, 2.75) is 19.2 Å². The number of anilines is 2. The predicted octanol–water partition coefficient (Wildman–Crippen LogP) is -0.232. The molecular weight excluding hydrogens is 385 g/mol. The Bertz CT molecular complexity index is 1070. The molecule has 13 heteroatoms. The van der Waals surface area contributed by atoms with E-state index in [2.05, 4.69) is 25.7 Å². The van der Waals surface area contributed by atoms with Crippen molar-refractivity contribution >= 4 is 17.7 Å². The van der Waals surface area contributed by atoms with Gasteiger partial charge in [-0.15, -0.1) is 4.80 Å². The van der Waals surface area contributed by atoms with Crippen LogP contribution in [0.5, 0.6) is 0 Å². The highest BCUT2D eigenvalue weighted by molar-refractivity contribution is 5.89. The smallest absolute Gasteiger partial charge is 0.414 e. The van der Waals surface area contributed by atoms with Crippen LogP contribution in [0, 0.1) is 5.82 Å². The molecule has 5 rings (SSSR count). The topological polar surface area (TPSA) is 127 Å². The van der Waals surface area contributed by atoms with Crippen LogP contribution in [0.2, 0.25) is 0 Å². The van der Waals surface area contributed by atoms with Gasteiger partial charge in [-0.3, -0.25) is 4.90 Å². The molecule has 1 atom stereocenters. The number of rotatable bonds is 4. The Morgan fingerprint density at radius 2 is 2.03 bits per heavy atom. The number of aliphatic hydroxyl groups is 1. The van der Waals surface area contributed by atoms with E-state index in [0.717, 1.165) is 0 Å². The van der Waals surface area contributed by atoms with Crippen molar-refractivity contribution in [3.05, 3.63) is 35.4 Å². The van der Waals surface area contributed by atoms with Crippen LogP contribution in [-0.4, -0.2) is 65.7 Å². The summed E-state index contributed by atoms with van der Waals surface area (Å²) in [7, 11) is 1.75. The largest absolute Gasteiger partial charge is 0.441 e. The first-order valence-electron chi connectivity index (χ1n) is 8.85. The lowest BCUT2D eigenvalue weighted by Gasteiger charge is -2.15. The molecule has 2 aliphatic heterocycles. The number of hydrogen-bond donors (Lipinski definition) is 1. The van der Waals surface area contributed by atoms with E-state index < -0.39 is 18.0 Å². The Labute approximate surface area is 163 Å². The van der Waals surface area contributed by atoms with E-state index in [9.17, 15) is 9.18 Å². The number of cyclic esters (lactones) is 1. The SMILES string of the molecule is Cn1nnnc1N1Cc2nn(-c3ccc(N4C[C@H](CO)OC4=O)cc3F)nc2C1. The molecule has 0 saturated carbocycles. The highest BCUT2D eigenvalue weighted by Gasteiger charge is 2.33. The molecule has 4 heterocycles. The molecule has 2 aromatic heterocycles. The van der Waals surface area contributed by atoms with Crippen molar-refractivity contribution in [1.82, 2.24) is 35.2 Å². The van der Waals surface area contributed by atoms with Gasteiger partial charge in [-0.1, -0.05) is 5.10 Å².